The SMILES string of the molecule is O=C(O)c1nccnc1C(=O)NC1CCCC1. The number of hydrogen-bond donors (Lipinski definition) is 2. The molecule has 6 heteroatoms. The lowest BCUT2D eigenvalue weighted by molar-refractivity contribution is 0.0682. The van der Waals surface area contributed by atoms with Gasteiger partial charge in [0.2, 0.25) is 0 Å². The number of hydrogen-bond acceptors (Lipinski definition) is 4. The molecule has 1 amide bonds. The third kappa shape index (κ3) is 2.58. The van der Waals surface area contributed by atoms with E-state index >= 15 is 0 Å². The van der Waals surface area contributed by atoms with Gasteiger partial charge >= 0.3 is 5.97 Å². The maximum Gasteiger partial charge on any atom is 0.356 e. The van der Waals surface area contributed by atoms with Gasteiger partial charge in [-0.3, -0.25) is 4.79 Å². The number of carboxylic acid groups (broad SMARTS) is 1. The largest absolute Gasteiger partial charge is 0.476 e. The van der Waals surface area contributed by atoms with Crippen LogP contribution in [0.15, 0.2) is 12.4 Å². The van der Waals surface area contributed by atoms with Crippen LogP contribution in [0.25, 0.3) is 0 Å². The molecule has 1 fully saturated rings. The van der Waals surface area contributed by atoms with Crippen LogP contribution in [-0.2, 0) is 0 Å². The third-order valence-corrected chi connectivity index (χ3v) is 2.81. The summed E-state index contributed by atoms with van der Waals surface area (Å²) in [6.07, 6.45) is 6.64. The molecule has 2 N–H and O–H groups in total. The highest BCUT2D eigenvalue weighted by molar-refractivity contribution is 6.02. The fourth-order valence-corrected chi connectivity index (χ4v) is 1.98. The van der Waals surface area contributed by atoms with Crippen molar-refractivity contribution in [2.45, 2.75) is 31.7 Å². The van der Waals surface area contributed by atoms with Gasteiger partial charge < -0.3 is 10.4 Å². The predicted octanol–water partition coefficient (Wildman–Crippen LogP) is 0.847. The second kappa shape index (κ2) is 4.90. The number of carbonyl (C=O) groups is 2. The number of carboxylic acids is 1. The Bertz CT molecular complexity index is 441. The molecule has 2 rings (SSSR count). The minimum Gasteiger partial charge on any atom is -0.476 e. The molecule has 0 saturated heterocycles. The van der Waals surface area contributed by atoms with Gasteiger partial charge in [-0.25, -0.2) is 14.8 Å². The lowest BCUT2D eigenvalue weighted by Gasteiger charge is -2.11. The fraction of sp³-hybridized carbons (Fsp3) is 0.455. The Morgan fingerprint density at radius 1 is 1.18 bits per heavy atom. The van der Waals surface area contributed by atoms with Crippen molar-refractivity contribution >= 4 is 11.9 Å². The van der Waals surface area contributed by atoms with Gasteiger partial charge in [0.05, 0.1) is 0 Å². The van der Waals surface area contributed by atoms with Crippen LogP contribution in [0.3, 0.4) is 0 Å². The van der Waals surface area contributed by atoms with E-state index in [1.54, 1.807) is 0 Å². The molecule has 1 saturated carbocycles. The molecule has 1 aliphatic carbocycles. The Morgan fingerprint density at radius 3 is 2.35 bits per heavy atom. The molecule has 90 valence electrons. The van der Waals surface area contributed by atoms with Gasteiger partial charge in [0.1, 0.15) is 0 Å². The van der Waals surface area contributed by atoms with Crippen LogP contribution in [-0.4, -0.2) is 33.0 Å². The normalized spacial score (nSPS) is 15.8. The van der Waals surface area contributed by atoms with Gasteiger partial charge in [0.25, 0.3) is 5.91 Å². The Morgan fingerprint density at radius 2 is 1.76 bits per heavy atom. The van der Waals surface area contributed by atoms with E-state index in [0.29, 0.717) is 0 Å². The Labute approximate surface area is 98.1 Å². The number of nitrogens with one attached hydrogen (secondary N) is 1. The van der Waals surface area contributed by atoms with E-state index in [9.17, 15) is 9.59 Å². The summed E-state index contributed by atoms with van der Waals surface area (Å²) in [5.41, 5.74) is -0.421. The van der Waals surface area contributed by atoms with Crippen molar-refractivity contribution in [3.63, 3.8) is 0 Å². The summed E-state index contributed by atoms with van der Waals surface area (Å²) >= 11 is 0. The second-order valence-corrected chi connectivity index (χ2v) is 4.01. The van der Waals surface area contributed by atoms with Crippen LogP contribution in [0.2, 0.25) is 0 Å². The predicted molar refractivity (Wildman–Crippen MR) is 58.7 cm³/mol. The molecule has 0 spiro atoms. The molecule has 1 aliphatic rings. The minimum absolute atomic E-state index is 0.119. The van der Waals surface area contributed by atoms with Crippen molar-refractivity contribution in [3.05, 3.63) is 23.8 Å². The summed E-state index contributed by atoms with van der Waals surface area (Å²) in [6, 6.07) is 0.131. The number of rotatable bonds is 3. The zero-order valence-corrected chi connectivity index (χ0v) is 9.22. The molecular weight excluding hydrogens is 222 g/mol. The number of aromatic nitrogens is 2. The van der Waals surface area contributed by atoms with Crippen LogP contribution < -0.4 is 5.32 Å². The summed E-state index contributed by atoms with van der Waals surface area (Å²) < 4.78 is 0. The van der Waals surface area contributed by atoms with Crippen LogP contribution in [0.1, 0.15) is 46.7 Å². The molecule has 0 unspecified atom stereocenters. The monoisotopic (exact) mass is 235 g/mol. The van der Waals surface area contributed by atoms with Gasteiger partial charge in [-0.1, -0.05) is 12.8 Å². The van der Waals surface area contributed by atoms with Gasteiger partial charge in [0, 0.05) is 18.4 Å². The van der Waals surface area contributed by atoms with Crippen molar-refractivity contribution in [1.82, 2.24) is 15.3 Å². The Kier molecular flexibility index (Phi) is 3.32. The van der Waals surface area contributed by atoms with E-state index < -0.39 is 11.9 Å². The highest BCUT2D eigenvalue weighted by atomic mass is 16.4. The van der Waals surface area contributed by atoms with Crippen LogP contribution >= 0.6 is 0 Å². The van der Waals surface area contributed by atoms with Crippen LogP contribution in [0.4, 0.5) is 0 Å². The summed E-state index contributed by atoms with van der Waals surface area (Å²) in [5.74, 6) is -1.70. The first kappa shape index (κ1) is 11.5. The molecule has 0 radical (unpaired) electrons. The van der Waals surface area contributed by atoms with Gasteiger partial charge in [0.15, 0.2) is 11.4 Å². The first-order valence-corrected chi connectivity index (χ1v) is 5.53. The summed E-state index contributed by atoms with van der Waals surface area (Å²) in [5, 5.41) is 11.7. The Balaban J connectivity index is 2.15. The summed E-state index contributed by atoms with van der Waals surface area (Å²) in [4.78, 5) is 30.2. The van der Waals surface area contributed by atoms with E-state index in [1.165, 1.54) is 12.4 Å². The topological polar surface area (TPSA) is 92.2 Å². The zero-order chi connectivity index (χ0) is 12.3. The number of amides is 1. The van der Waals surface area contributed by atoms with Crippen molar-refractivity contribution in [1.29, 1.82) is 0 Å². The van der Waals surface area contributed by atoms with E-state index in [-0.39, 0.29) is 17.4 Å². The van der Waals surface area contributed by atoms with E-state index in [0.717, 1.165) is 25.7 Å². The van der Waals surface area contributed by atoms with Gasteiger partial charge in [-0.05, 0) is 12.8 Å². The first-order valence-electron chi connectivity index (χ1n) is 5.53. The molecule has 0 bridgehead atoms. The molecular formula is C11H13N3O3. The lowest BCUT2D eigenvalue weighted by atomic mass is 10.2. The van der Waals surface area contributed by atoms with E-state index in [2.05, 4.69) is 15.3 Å². The molecule has 1 heterocycles. The molecule has 17 heavy (non-hydrogen) atoms. The quantitative estimate of drug-likeness (QED) is 0.810. The van der Waals surface area contributed by atoms with Gasteiger partial charge in [-0.15, -0.1) is 0 Å². The van der Waals surface area contributed by atoms with Crippen molar-refractivity contribution in [2.75, 3.05) is 0 Å². The average Bonchev–Trinajstić information content (AvgIpc) is 2.81. The highest BCUT2D eigenvalue weighted by Gasteiger charge is 2.23. The maximum atomic E-state index is 11.8. The van der Waals surface area contributed by atoms with Crippen molar-refractivity contribution in [3.8, 4) is 0 Å². The molecule has 1 aromatic rings. The standard InChI is InChI=1S/C11H13N3O3/c15-10(14-7-3-1-2-4-7)8-9(11(16)17)13-6-5-12-8/h5-7H,1-4H2,(H,14,15)(H,16,17). The molecule has 0 atom stereocenters. The van der Waals surface area contributed by atoms with Crippen molar-refractivity contribution in [2.24, 2.45) is 0 Å². The zero-order valence-electron chi connectivity index (χ0n) is 9.22. The van der Waals surface area contributed by atoms with Crippen molar-refractivity contribution < 1.29 is 14.7 Å². The summed E-state index contributed by atoms with van der Waals surface area (Å²) in [6.45, 7) is 0. The minimum atomic E-state index is -1.24. The molecule has 6 nitrogen and oxygen atoms in total. The van der Waals surface area contributed by atoms with E-state index in [4.69, 9.17) is 5.11 Å². The molecule has 1 aromatic heterocycles. The highest BCUT2D eigenvalue weighted by Crippen LogP contribution is 2.18. The lowest BCUT2D eigenvalue weighted by Crippen LogP contribution is -2.34. The Hall–Kier alpha value is -1.98. The third-order valence-electron chi connectivity index (χ3n) is 2.81. The maximum absolute atomic E-state index is 11.8. The molecule has 0 aromatic carbocycles. The number of nitrogens with zero attached hydrogens (tertiary/aromatic N) is 2. The first-order chi connectivity index (χ1) is 8.18. The van der Waals surface area contributed by atoms with Crippen LogP contribution in [0, 0.1) is 0 Å². The average molecular weight is 235 g/mol. The number of aromatic carboxylic acids is 1. The van der Waals surface area contributed by atoms with E-state index in [1.807, 2.05) is 0 Å². The fourth-order valence-electron chi connectivity index (χ4n) is 1.98. The number of carbonyl (C=O) groups excluding carboxylic acids is 1. The summed E-state index contributed by atoms with van der Waals surface area (Å²) in [7, 11) is 0. The van der Waals surface area contributed by atoms with Crippen LogP contribution in [0.5, 0.6) is 0 Å². The molecule has 0 aliphatic heterocycles. The van der Waals surface area contributed by atoms with Gasteiger partial charge in [-0.2, -0.15) is 0 Å². The second-order valence-electron chi connectivity index (χ2n) is 4.01. The smallest absolute Gasteiger partial charge is 0.356 e.